The van der Waals surface area contributed by atoms with Crippen molar-refractivity contribution < 1.29 is 4.79 Å². The summed E-state index contributed by atoms with van der Waals surface area (Å²) < 4.78 is 4.00. The summed E-state index contributed by atoms with van der Waals surface area (Å²) in [5.41, 5.74) is 0.937. The minimum absolute atomic E-state index is 0.00999. The number of hydrogen-bond acceptors (Lipinski definition) is 6. The summed E-state index contributed by atoms with van der Waals surface area (Å²) in [5, 5.41) is 13.9. The molecule has 0 aliphatic carbocycles. The summed E-state index contributed by atoms with van der Waals surface area (Å²) in [6.45, 7) is 1.72. The Hall–Kier alpha value is -2.55. The second kappa shape index (κ2) is 7.12. The van der Waals surface area contributed by atoms with Crippen LogP contribution in [-0.2, 0) is 20.0 Å². The largest absolute Gasteiger partial charge is 0.328 e. The highest BCUT2D eigenvalue weighted by atomic mass is 32.1. The number of rotatable bonds is 3. The molecule has 1 unspecified atom stereocenters. The molecule has 5 rings (SSSR count). The highest BCUT2D eigenvalue weighted by Crippen LogP contribution is 2.35. The Bertz CT molecular complexity index is 1000. The van der Waals surface area contributed by atoms with Crippen LogP contribution >= 0.6 is 11.3 Å². The molecule has 1 saturated heterocycles. The lowest BCUT2D eigenvalue weighted by Crippen LogP contribution is -2.31. The number of carbonyl (C=O) groups is 1. The van der Waals surface area contributed by atoms with Gasteiger partial charge in [-0.2, -0.15) is 5.10 Å². The molecular formula is C19H23N7OS. The predicted molar refractivity (Wildman–Crippen MR) is 105 cm³/mol. The molecule has 0 aromatic carbocycles. The molecule has 0 saturated carbocycles. The predicted octanol–water partition coefficient (Wildman–Crippen LogP) is 2.84. The number of nitrogens with zero attached hydrogens (tertiary/aromatic N) is 7. The molecule has 0 spiro atoms. The maximum Gasteiger partial charge on any atom is 0.266 e. The van der Waals surface area contributed by atoms with Crippen molar-refractivity contribution in [2.45, 2.75) is 51.1 Å². The number of fused-ring (bicyclic) bond motifs is 1. The van der Waals surface area contributed by atoms with E-state index in [0.717, 1.165) is 61.0 Å². The van der Waals surface area contributed by atoms with Crippen molar-refractivity contribution in [3.05, 3.63) is 35.1 Å². The van der Waals surface area contributed by atoms with Crippen molar-refractivity contribution >= 4 is 17.2 Å². The Labute approximate surface area is 167 Å². The van der Waals surface area contributed by atoms with Gasteiger partial charge in [-0.3, -0.25) is 9.48 Å². The molecule has 146 valence electrons. The fourth-order valence-electron chi connectivity index (χ4n) is 4.21. The van der Waals surface area contributed by atoms with Crippen LogP contribution in [0.15, 0.2) is 18.6 Å². The van der Waals surface area contributed by atoms with Gasteiger partial charge in [0.2, 0.25) is 0 Å². The van der Waals surface area contributed by atoms with Crippen molar-refractivity contribution in [3.63, 3.8) is 0 Å². The smallest absolute Gasteiger partial charge is 0.266 e. The number of aryl methyl sites for hydroxylation is 2. The summed E-state index contributed by atoms with van der Waals surface area (Å²) in [6, 6.07) is 0.00999. The van der Waals surface area contributed by atoms with E-state index < -0.39 is 0 Å². The molecule has 28 heavy (non-hydrogen) atoms. The van der Waals surface area contributed by atoms with Gasteiger partial charge in [-0.25, -0.2) is 4.98 Å². The minimum Gasteiger partial charge on any atom is -0.328 e. The van der Waals surface area contributed by atoms with Crippen LogP contribution in [0.25, 0.3) is 10.6 Å². The zero-order valence-corrected chi connectivity index (χ0v) is 16.7. The Kier molecular flexibility index (Phi) is 4.46. The van der Waals surface area contributed by atoms with E-state index in [0.29, 0.717) is 4.88 Å². The third-order valence-corrected chi connectivity index (χ3v) is 6.65. The van der Waals surface area contributed by atoms with Gasteiger partial charge < -0.3 is 9.47 Å². The number of thiazole rings is 1. The standard InChI is InChI=1S/C19H23N7OS/c1-24-12-13(10-21-24)18-20-11-15(28-18)19(27)25-9-5-6-14(25)17-23-22-16-7-3-2-4-8-26(16)17/h10-12,14H,2-9H2,1H3. The molecule has 0 radical (unpaired) electrons. The van der Waals surface area contributed by atoms with Gasteiger partial charge in [0, 0.05) is 38.3 Å². The number of aromatic nitrogens is 6. The molecule has 0 N–H and O–H groups in total. The van der Waals surface area contributed by atoms with Gasteiger partial charge in [-0.05, 0) is 25.7 Å². The van der Waals surface area contributed by atoms with Crippen LogP contribution < -0.4 is 0 Å². The Morgan fingerprint density at radius 2 is 2.07 bits per heavy atom. The van der Waals surface area contributed by atoms with Crippen LogP contribution in [-0.4, -0.2) is 46.9 Å². The van der Waals surface area contributed by atoms with E-state index in [9.17, 15) is 4.79 Å². The average molecular weight is 398 g/mol. The van der Waals surface area contributed by atoms with Crippen molar-refractivity contribution in [3.8, 4) is 10.6 Å². The first kappa shape index (κ1) is 17.5. The van der Waals surface area contributed by atoms with Gasteiger partial charge in [-0.15, -0.1) is 21.5 Å². The van der Waals surface area contributed by atoms with Crippen LogP contribution in [0.4, 0.5) is 0 Å². The van der Waals surface area contributed by atoms with E-state index in [2.05, 4.69) is 24.8 Å². The quantitative estimate of drug-likeness (QED) is 0.679. The van der Waals surface area contributed by atoms with Crippen LogP contribution in [0.1, 0.15) is 59.5 Å². The summed E-state index contributed by atoms with van der Waals surface area (Å²) in [4.78, 5) is 20.3. The molecule has 8 nitrogen and oxygen atoms in total. The zero-order valence-electron chi connectivity index (χ0n) is 15.9. The number of hydrogen-bond donors (Lipinski definition) is 0. The summed E-state index contributed by atoms with van der Waals surface area (Å²) in [6.07, 6.45) is 11.9. The lowest BCUT2D eigenvalue weighted by Gasteiger charge is -2.24. The van der Waals surface area contributed by atoms with Crippen molar-refractivity contribution in [1.82, 2.24) is 34.4 Å². The number of amides is 1. The summed E-state index contributed by atoms with van der Waals surface area (Å²) in [7, 11) is 1.87. The maximum absolute atomic E-state index is 13.3. The number of likely N-dealkylation sites (tertiary alicyclic amines) is 1. The molecule has 2 aliphatic rings. The van der Waals surface area contributed by atoms with Crippen LogP contribution in [0.2, 0.25) is 0 Å². The molecule has 2 aliphatic heterocycles. The third-order valence-electron chi connectivity index (χ3n) is 5.62. The molecule has 5 heterocycles. The first-order valence-corrected chi connectivity index (χ1v) is 10.7. The fourth-order valence-corrected chi connectivity index (χ4v) is 5.06. The van der Waals surface area contributed by atoms with Crippen LogP contribution in [0.3, 0.4) is 0 Å². The molecule has 1 atom stereocenters. The molecule has 0 bridgehead atoms. The third kappa shape index (κ3) is 3.03. The highest BCUT2D eigenvalue weighted by Gasteiger charge is 2.35. The molecule has 1 fully saturated rings. The molecule has 3 aromatic rings. The van der Waals surface area contributed by atoms with E-state index in [1.54, 1.807) is 17.1 Å². The first-order valence-electron chi connectivity index (χ1n) is 9.88. The van der Waals surface area contributed by atoms with Gasteiger partial charge in [-0.1, -0.05) is 6.42 Å². The topological polar surface area (TPSA) is 81.7 Å². The Balaban J connectivity index is 1.41. The average Bonchev–Trinajstić information content (AvgIpc) is 3.46. The molecular weight excluding hydrogens is 374 g/mol. The summed E-state index contributed by atoms with van der Waals surface area (Å²) in [5.74, 6) is 2.07. The minimum atomic E-state index is 0.00999. The van der Waals surface area contributed by atoms with E-state index in [4.69, 9.17) is 0 Å². The van der Waals surface area contributed by atoms with Crippen molar-refractivity contribution in [2.75, 3.05) is 6.54 Å². The van der Waals surface area contributed by atoms with E-state index in [1.807, 2.05) is 18.1 Å². The lowest BCUT2D eigenvalue weighted by molar-refractivity contribution is 0.0731. The normalized spacial score (nSPS) is 19.6. The van der Waals surface area contributed by atoms with Gasteiger partial charge in [0.15, 0.2) is 5.82 Å². The number of carbonyl (C=O) groups excluding carboxylic acids is 1. The summed E-state index contributed by atoms with van der Waals surface area (Å²) >= 11 is 1.43. The van der Waals surface area contributed by atoms with Gasteiger partial charge in [0.1, 0.15) is 15.7 Å². The fraction of sp³-hybridized carbons (Fsp3) is 0.526. The van der Waals surface area contributed by atoms with Crippen molar-refractivity contribution in [1.29, 1.82) is 0 Å². The Morgan fingerprint density at radius 3 is 2.93 bits per heavy atom. The second-order valence-corrected chi connectivity index (χ2v) is 8.56. The second-order valence-electron chi connectivity index (χ2n) is 7.53. The van der Waals surface area contributed by atoms with E-state index in [1.165, 1.54) is 24.2 Å². The van der Waals surface area contributed by atoms with E-state index >= 15 is 0 Å². The highest BCUT2D eigenvalue weighted by molar-refractivity contribution is 7.16. The van der Waals surface area contributed by atoms with E-state index in [-0.39, 0.29) is 11.9 Å². The van der Waals surface area contributed by atoms with Gasteiger partial charge in [0.25, 0.3) is 5.91 Å². The molecule has 9 heteroatoms. The first-order chi connectivity index (χ1) is 13.7. The van der Waals surface area contributed by atoms with Gasteiger partial charge >= 0.3 is 0 Å². The van der Waals surface area contributed by atoms with Gasteiger partial charge in [0.05, 0.1) is 18.4 Å². The maximum atomic E-state index is 13.3. The SMILES string of the molecule is Cn1cc(-c2ncc(C(=O)N3CCCC3c3nnc4n3CCCCC4)s2)cn1. The van der Waals surface area contributed by atoms with Crippen LogP contribution in [0.5, 0.6) is 0 Å². The molecule has 1 amide bonds. The van der Waals surface area contributed by atoms with Crippen LogP contribution in [0, 0.1) is 0 Å². The lowest BCUT2D eigenvalue weighted by atomic mass is 10.2. The monoisotopic (exact) mass is 397 g/mol. The zero-order chi connectivity index (χ0) is 19.1. The van der Waals surface area contributed by atoms with Crippen molar-refractivity contribution in [2.24, 2.45) is 7.05 Å². The molecule has 3 aromatic heterocycles. The Morgan fingerprint density at radius 1 is 1.14 bits per heavy atom.